The second-order valence-corrected chi connectivity index (χ2v) is 5.71. The smallest absolute Gasteiger partial charge is 0.257 e. The highest BCUT2D eigenvalue weighted by Crippen LogP contribution is 2.34. The minimum absolute atomic E-state index is 0.114. The van der Waals surface area contributed by atoms with Gasteiger partial charge in [-0.15, -0.1) is 11.3 Å². The summed E-state index contributed by atoms with van der Waals surface area (Å²) in [4.78, 5) is 14.9. The third-order valence-corrected chi connectivity index (χ3v) is 4.83. The summed E-state index contributed by atoms with van der Waals surface area (Å²) in [5.74, 6) is 0. The number of hydrogen-bond donors (Lipinski definition) is 1. The molecule has 0 unspecified atom stereocenters. The number of pyridine rings is 1. The van der Waals surface area contributed by atoms with Crippen LogP contribution in [0.1, 0.15) is 5.56 Å². The molecule has 0 amide bonds. The Balaban J connectivity index is 2.33. The second-order valence-electron chi connectivity index (χ2n) is 4.00. The zero-order valence-corrected chi connectivity index (χ0v) is 12.0. The normalized spacial score (nSPS) is 10.5. The fourth-order valence-corrected chi connectivity index (χ4v) is 3.61. The number of aromatic amines is 1. The van der Waals surface area contributed by atoms with E-state index in [1.807, 2.05) is 11.4 Å². The van der Waals surface area contributed by atoms with Gasteiger partial charge in [0.05, 0.1) is 31.9 Å². The molecular formula is C14H7BrN2OS. The van der Waals surface area contributed by atoms with E-state index in [1.165, 1.54) is 11.3 Å². The molecule has 0 spiro atoms. The molecule has 19 heavy (non-hydrogen) atoms. The number of aromatic nitrogens is 1. The van der Waals surface area contributed by atoms with Gasteiger partial charge >= 0.3 is 0 Å². The number of halogens is 1. The Hall–Kier alpha value is -1.90. The lowest BCUT2D eigenvalue weighted by Crippen LogP contribution is -2.06. The fraction of sp³-hybridized carbons (Fsp3) is 0. The number of fused-ring (bicyclic) bond motifs is 1. The first-order valence-corrected chi connectivity index (χ1v) is 7.17. The fourth-order valence-electron chi connectivity index (χ4n) is 1.95. The van der Waals surface area contributed by atoms with Gasteiger partial charge in [-0.05, 0) is 39.5 Å². The van der Waals surface area contributed by atoms with E-state index in [4.69, 9.17) is 5.26 Å². The Morgan fingerprint density at radius 1 is 1.32 bits per heavy atom. The van der Waals surface area contributed by atoms with E-state index in [1.54, 1.807) is 24.3 Å². The van der Waals surface area contributed by atoms with Crippen molar-refractivity contribution in [3.8, 4) is 17.3 Å². The Bertz CT molecular complexity index is 873. The van der Waals surface area contributed by atoms with Crippen LogP contribution in [0.15, 0.2) is 45.0 Å². The summed E-state index contributed by atoms with van der Waals surface area (Å²) in [5.41, 5.74) is 1.98. The van der Waals surface area contributed by atoms with Gasteiger partial charge in [0.25, 0.3) is 5.56 Å². The van der Waals surface area contributed by atoms with E-state index in [0.29, 0.717) is 16.6 Å². The minimum atomic E-state index is -0.114. The van der Waals surface area contributed by atoms with Gasteiger partial charge < -0.3 is 4.98 Å². The van der Waals surface area contributed by atoms with E-state index in [9.17, 15) is 4.79 Å². The molecule has 3 rings (SSSR count). The quantitative estimate of drug-likeness (QED) is 0.735. The van der Waals surface area contributed by atoms with E-state index in [-0.39, 0.29) is 5.56 Å². The molecule has 0 aliphatic rings. The van der Waals surface area contributed by atoms with Gasteiger partial charge in [-0.1, -0.05) is 12.1 Å². The van der Waals surface area contributed by atoms with Crippen molar-refractivity contribution in [3.63, 3.8) is 0 Å². The van der Waals surface area contributed by atoms with E-state index in [2.05, 4.69) is 27.0 Å². The van der Waals surface area contributed by atoms with Crippen LogP contribution in [0.25, 0.3) is 21.3 Å². The van der Waals surface area contributed by atoms with Crippen molar-refractivity contribution < 1.29 is 0 Å². The molecule has 92 valence electrons. The maximum absolute atomic E-state index is 12.0. The highest BCUT2D eigenvalue weighted by atomic mass is 79.9. The monoisotopic (exact) mass is 330 g/mol. The van der Waals surface area contributed by atoms with Crippen LogP contribution >= 0.6 is 27.3 Å². The number of rotatable bonds is 1. The summed E-state index contributed by atoms with van der Waals surface area (Å²) in [7, 11) is 0. The van der Waals surface area contributed by atoms with Gasteiger partial charge in [0.1, 0.15) is 0 Å². The lowest BCUT2D eigenvalue weighted by atomic mass is 10.1. The van der Waals surface area contributed by atoms with E-state index < -0.39 is 0 Å². The number of hydrogen-bond acceptors (Lipinski definition) is 3. The van der Waals surface area contributed by atoms with E-state index >= 15 is 0 Å². The molecule has 0 aliphatic heterocycles. The summed E-state index contributed by atoms with van der Waals surface area (Å²) >= 11 is 5.05. The van der Waals surface area contributed by atoms with Gasteiger partial charge in [0.15, 0.2) is 0 Å². The summed E-state index contributed by atoms with van der Waals surface area (Å²) in [5, 5.41) is 11.5. The average molecular weight is 331 g/mol. The van der Waals surface area contributed by atoms with Crippen molar-refractivity contribution in [2.75, 3.05) is 0 Å². The van der Waals surface area contributed by atoms with Gasteiger partial charge in [-0.3, -0.25) is 4.79 Å². The maximum Gasteiger partial charge on any atom is 0.257 e. The molecule has 3 aromatic rings. The van der Waals surface area contributed by atoms with Crippen LogP contribution in [0.4, 0.5) is 0 Å². The highest BCUT2D eigenvalue weighted by Gasteiger charge is 2.12. The molecule has 0 aliphatic carbocycles. The molecule has 0 saturated heterocycles. The SMILES string of the molecule is N#Cc1cccc(-c2[nH]c(=O)c3ccsc3c2Br)c1. The number of nitrogens with one attached hydrogen (secondary N) is 1. The zero-order chi connectivity index (χ0) is 13.4. The molecule has 3 nitrogen and oxygen atoms in total. The molecule has 5 heteroatoms. The molecule has 0 saturated carbocycles. The van der Waals surface area contributed by atoms with Crippen molar-refractivity contribution in [1.29, 1.82) is 5.26 Å². The molecule has 0 atom stereocenters. The van der Waals surface area contributed by atoms with Crippen LogP contribution in [-0.4, -0.2) is 4.98 Å². The molecular weight excluding hydrogens is 324 g/mol. The van der Waals surface area contributed by atoms with Crippen molar-refractivity contribution in [3.05, 3.63) is 56.1 Å². The number of nitrogens with zero attached hydrogens (tertiary/aromatic N) is 1. The van der Waals surface area contributed by atoms with E-state index in [0.717, 1.165) is 14.7 Å². The minimum Gasteiger partial charge on any atom is -0.320 e. The predicted octanol–water partition coefficient (Wildman–Crippen LogP) is 3.89. The van der Waals surface area contributed by atoms with Crippen LogP contribution in [0, 0.1) is 11.3 Å². The molecule has 1 N–H and O–H groups in total. The standard InChI is InChI=1S/C14H7BrN2OS/c15-11-12(9-3-1-2-8(6-9)7-16)17-14(18)10-4-5-19-13(10)11/h1-6H,(H,17,18). The van der Waals surface area contributed by atoms with Crippen LogP contribution in [-0.2, 0) is 0 Å². The lowest BCUT2D eigenvalue weighted by molar-refractivity contribution is 1.27. The molecule has 0 fully saturated rings. The number of thiophene rings is 1. The zero-order valence-electron chi connectivity index (χ0n) is 9.61. The van der Waals surface area contributed by atoms with Crippen molar-refractivity contribution in [2.24, 2.45) is 0 Å². The third kappa shape index (κ3) is 1.99. The molecule has 1 aromatic carbocycles. The largest absolute Gasteiger partial charge is 0.320 e. The Morgan fingerprint density at radius 3 is 2.95 bits per heavy atom. The summed E-state index contributed by atoms with van der Waals surface area (Å²) in [6.07, 6.45) is 0. The van der Waals surface area contributed by atoms with Crippen molar-refractivity contribution >= 4 is 37.4 Å². The van der Waals surface area contributed by atoms with Crippen molar-refractivity contribution in [2.45, 2.75) is 0 Å². The number of H-pyrrole nitrogens is 1. The Morgan fingerprint density at radius 2 is 2.16 bits per heavy atom. The van der Waals surface area contributed by atoms with Crippen LogP contribution in [0.2, 0.25) is 0 Å². The molecule has 2 heterocycles. The summed E-state index contributed by atoms with van der Waals surface area (Å²) in [6.45, 7) is 0. The van der Waals surface area contributed by atoms with Gasteiger partial charge in [0.2, 0.25) is 0 Å². The first-order chi connectivity index (χ1) is 9.20. The molecule has 0 radical (unpaired) electrons. The van der Waals surface area contributed by atoms with Gasteiger partial charge in [-0.2, -0.15) is 5.26 Å². The highest BCUT2D eigenvalue weighted by molar-refractivity contribution is 9.10. The van der Waals surface area contributed by atoms with Gasteiger partial charge in [-0.25, -0.2) is 0 Å². The predicted molar refractivity (Wildman–Crippen MR) is 80.3 cm³/mol. The van der Waals surface area contributed by atoms with Crippen LogP contribution < -0.4 is 5.56 Å². The number of benzene rings is 1. The number of nitriles is 1. The summed E-state index contributed by atoms with van der Waals surface area (Å²) < 4.78 is 1.77. The van der Waals surface area contributed by atoms with Gasteiger partial charge in [0, 0.05) is 5.56 Å². The average Bonchev–Trinajstić information content (AvgIpc) is 2.93. The molecule has 0 bridgehead atoms. The second kappa shape index (κ2) is 4.65. The third-order valence-electron chi connectivity index (χ3n) is 2.85. The molecule has 2 aromatic heterocycles. The van der Waals surface area contributed by atoms with Crippen molar-refractivity contribution in [1.82, 2.24) is 4.98 Å². The first-order valence-electron chi connectivity index (χ1n) is 5.50. The first kappa shape index (κ1) is 12.2. The topological polar surface area (TPSA) is 56.6 Å². The summed E-state index contributed by atoms with van der Waals surface area (Å²) in [6, 6.07) is 11.1. The van der Waals surface area contributed by atoms with Crippen LogP contribution in [0.5, 0.6) is 0 Å². The van der Waals surface area contributed by atoms with Crippen LogP contribution in [0.3, 0.4) is 0 Å². The Kier molecular flexibility index (Phi) is 2.97. The maximum atomic E-state index is 12.0. The Labute approximate surface area is 121 Å². The lowest BCUT2D eigenvalue weighted by Gasteiger charge is -2.06.